The molecule has 6 heteroatoms. The summed E-state index contributed by atoms with van der Waals surface area (Å²) in [4.78, 5) is 34.4. The maximum atomic E-state index is 12.9. The quantitative estimate of drug-likeness (QED) is 0.833. The number of rotatable bonds is 3. The number of carbonyl (C=O) groups is 1. The van der Waals surface area contributed by atoms with Gasteiger partial charge in [0.2, 0.25) is 5.91 Å². The second-order valence-corrected chi connectivity index (χ2v) is 7.79. The van der Waals surface area contributed by atoms with Crippen molar-refractivity contribution < 1.29 is 4.79 Å². The van der Waals surface area contributed by atoms with Gasteiger partial charge in [0.1, 0.15) is 12.2 Å². The summed E-state index contributed by atoms with van der Waals surface area (Å²) in [7, 11) is 0. The van der Waals surface area contributed by atoms with Gasteiger partial charge in [-0.25, -0.2) is 4.98 Å². The Morgan fingerprint density at radius 3 is 2.52 bits per heavy atom. The lowest BCUT2D eigenvalue weighted by Gasteiger charge is -2.40. The summed E-state index contributed by atoms with van der Waals surface area (Å²) in [6, 6.07) is 8.13. The van der Waals surface area contributed by atoms with Crippen LogP contribution in [0.1, 0.15) is 37.8 Å². The highest BCUT2D eigenvalue weighted by molar-refractivity contribution is 5.80. The smallest absolute Gasteiger partial charge is 0.272 e. The molecule has 3 heterocycles. The fraction of sp³-hybridized carbons (Fsp3) is 0.571. The number of fused-ring (bicyclic) bond motifs is 1. The average Bonchev–Trinajstić information content (AvgIpc) is 2.72. The minimum Gasteiger partial charge on any atom is -0.341 e. The van der Waals surface area contributed by atoms with Crippen LogP contribution in [-0.4, -0.2) is 57.5 Å². The third-order valence-corrected chi connectivity index (χ3v) is 6.03. The molecule has 0 saturated carbocycles. The number of amides is 1. The molecule has 0 radical (unpaired) electrons. The zero-order valence-corrected chi connectivity index (χ0v) is 16.1. The number of hydrogen-bond acceptors (Lipinski definition) is 4. The Balaban J connectivity index is 1.45. The minimum absolute atomic E-state index is 0.0324. The number of benzene rings is 1. The van der Waals surface area contributed by atoms with Gasteiger partial charge < -0.3 is 9.80 Å². The molecule has 0 bridgehead atoms. The molecule has 6 nitrogen and oxygen atoms in total. The fourth-order valence-electron chi connectivity index (χ4n) is 4.48. The molecule has 2 aromatic rings. The lowest BCUT2D eigenvalue weighted by molar-refractivity contribution is -0.133. The van der Waals surface area contributed by atoms with Crippen molar-refractivity contribution in [1.82, 2.24) is 19.4 Å². The zero-order chi connectivity index (χ0) is 18.8. The van der Waals surface area contributed by atoms with Crippen LogP contribution < -0.4 is 5.56 Å². The topological polar surface area (TPSA) is 58.4 Å². The van der Waals surface area contributed by atoms with Gasteiger partial charge in [-0.2, -0.15) is 0 Å². The molecule has 0 atom stereocenters. The molecule has 0 N–H and O–H groups in total. The molecule has 2 fully saturated rings. The van der Waals surface area contributed by atoms with Gasteiger partial charge in [0.15, 0.2) is 0 Å². The van der Waals surface area contributed by atoms with Gasteiger partial charge in [-0.15, -0.1) is 0 Å². The normalized spacial score (nSPS) is 19.5. The van der Waals surface area contributed by atoms with Gasteiger partial charge in [0, 0.05) is 19.1 Å². The highest BCUT2D eigenvalue weighted by Crippen LogP contribution is 2.21. The minimum atomic E-state index is -0.176. The monoisotopic (exact) mass is 368 g/mol. The lowest BCUT2D eigenvalue weighted by Crippen LogP contribution is -2.49. The van der Waals surface area contributed by atoms with E-state index in [9.17, 15) is 9.59 Å². The highest BCUT2D eigenvalue weighted by Gasteiger charge is 2.28. The molecular formula is C21H28N4O2. The van der Waals surface area contributed by atoms with Crippen LogP contribution in [0.25, 0.3) is 11.0 Å². The molecule has 1 aromatic carbocycles. The predicted octanol–water partition coefficient (Wildman–Crippen LogP) is 2.18. The van der Waals surface area contributed by atoms with Gasteiger partial charge in [0.25, 0.3) is 5.56 Å². The molecule has 2 saturated heterocycles. The number of nitrogens with zero attached hydrogens (tertiary/aromatic N) is 4. The predicted molar refractivity (Wildman–Crippen MR) is 106 cm³/mol. The molecule has 2 aliphatic heterocycles. The molecule has 2 aliphatic rings. The van der Waals surface area contributed by atoms with E-state index in [0.717, 1.165) is 37.0 Å². The summed E-state index contributed by atoms with van der Waals surface area (Å²) in [6.45, 7) is 5.79. The van der Waals surface area contributed by atoms with Crippen LogP contribution in [0.4, 0.5) is 0 Å². The average molecular weight is 368 g/mol. The van der Waals surface area contributed by atoms with Crippen molar-refractivity contribution in [2.24, 2.45) is 0 Å². The SMILES string of the molecule is Cc1nc2ccccc2n(CC(=O)N2CCC(N3CCCCC3)CC2)c1=O. The number of likely N-dealkylation sites (tertiary alicyclic amines) is 2. The number of para-hydroxylation sites is 2. The summed E-state index contributed by atoms with van der Waals surface area (Å²) in [5.41, 5.74) is 1.74. The number of aryl methyl sites for hydroxylation is 1. The van der Waals surface area contributed by atoms with E-state index in [1.54, 1.807) is 11.5 Å². The van der Waals surface area contributed by atoms with Crippen LogP contribution in [0, 0.1) is 6.92 Å². The first-order valence-electron chi connectivity index (χ1n) is 10.1. The second kappa shape index (κ2) is 7.80. The van der Waals surface area contributed by atoms with Gasteiger partial charge in [0.05, 0.1) is 11.0 Å². The standard InChI is InChI=1S/C21H28N4O2/c1-16-21(27)25(19-8-4-3-7-18(19)22-16)15-20(26)24-13-9-17(10-14-24)23-11-5-2-6-12-23/h3-4,7-8,17H,2,5-6,9-15H2,1H3. The van der Waals surface area contributed by atoms with Crippen LogP contribution >= 0.6 is 0 Å². The Morgan fingerprint density at radius 1 is 1.07 bits per heavy atom. The summed E-state index contributed by atoms with van der Waals surface area (Å²) in [5.74, 6) is 0.0324. The van der Waals surface area contributed by atoms with Crippen LogP contribution in [-0.2, 0) is 11.3 Å². The number of carbonyl (C=O) groups excluding carboxylic acids is 1. The van der Waals surface area contributed by atoms with Crippen molar-refractivity contribution in [1.29, 1.82) is 0 Å². The van der Waals surface area contributed by atoms with Gasteiger partial charge in [-0.1, -0.05) is 18.6 Å². The van der Waals surface area contributed by atoms with E-state index in [4.69, 9.17) is 0 Å². The van der Waals surface area contributed by atoms with Crippen molar-refractivity contribution >= 4 is 16.9 Å². The molecule has 1 amide bonds. The fourth-order valence-corrected chi connectivity index (χ4v) is 4.48. The van der Waals surface area contributed by atoms with Crippen molar-refractivity contribution in [3.8, 4) is 0 Å². The largest absolute Gasteiger partial charge is 0.341 e. The first-order chi connectivity index (χ1) is 13.1. The Hall–Kier alpha value is -2.21. The van der Waals surface area contributed by atoms with E-state index >= 15 is 0 Å². The lowest BCUT2D eigenvalue weighted by atomic mass is 10.00. The highest BCUT2D eigenvalue weighted by atomic mass is 16.2. The number of piperidine rings is 2. The molecule has 1 aromatic heterocycles. The zero-order valence-electron chi connectivity index (χ0n) is 16.1. The summed E-state index contributed by atoms with van der Waals surface area (Å²) >= 11 is 0. The molecule has 4 rings (SSSR count). The summed E-state index contributed by atoms with van der Waals surface area (Å²) < 4.78 is 1.58. The Morgan fingerprint density at radius 2 is 1.78 bits per heavy atom. The van der Waals surface area contributed by atoms with Crippen molar-refractivity contribution in [2.45, 2.75) is 51.6 Å². The van der Waals surface area contributed by atoms with E-state index in [1.165, 1.54) is 32.4 Å². The first kappa shape index (κ1) is 18.2. The molecule has 0 spiro atoms. The third kappa shape index (κ3) is 3.76. The van der Waals surface area contributed by atoms with E-state index < -0.39 is 0 Å². The summed E-state index contributed by atoms with van der Waals surface area (Å²) in [5, 5.41) is 0. The van der Waals surface area contributed by atoms with Gasteiger partial charge >= 0.3 is 0 Å². The second-order valence-electron chi connectivity index (χ2n) is 7.79. The maximum absolute atomic E-state index is 12.9. The number of hydrogen-bond donors (Lipinski definition) is 0. The van der Waals surface area contributed by atoms with Crippen LogP contribution in [0.2, 0.25) is 0 Å². The van der Waals surface area contributed by atoms with Crippen molar-refractivity contribution in [3.63, 3.8) is 0 Å². The van der Waals surface area contributed by atoms with Gasteiger partial charge in [-0.3, -0.25) is 14.2 Å². The molecular weight excluding hydrogens is 340 g/mol. The van der Waals surface area contributed by atoms with Crippen LogP contribution in [0.5, 0.6) is 0 Å². The number of aromatic nitrogens is 2. The van der Waals surface area contributed by atoms with E-state index in [0.29, 0.717) is 11.7 Å². The molecule has 144 valence electrons. The first-order valence-corrected chi connectivity index (χ1v) is 10.1. The van der Waals surface area contributed by atoms with Gasteiger partial charge in [-0.05, 0) is 57.8 Å². The van der Waals surface area contributed by atoms with E-state index in [-0.39, 0.29) is 18.0 Å². The Kier molecular flexibility index (Phi) is 5.25. The van der Waals surface area contributed by atoms with E-state index in [2.05, 4.69) is 9.88 Å². The van der Waals surface area contributed by atoms with Crippen molar-refractivity contribution in [2.75, 3.05) is 26.2 Å². The van der Waals surface area contributed by atoms with Crippen molar-refractivity contribution in [3.05, 3.63) is 40.3 Å². The Labute approximate surface area is 159 Å². The third-order valence-electron chi connectivity index (χ3n) is 6.03. The van der Waals surface area contributed by atoms with Crippen LogP contribution in [0.15, 0.2) is 29.1 Å². The summed E-state index contributed by atoms with van der Waals surface area (Å²) in [6.07, 6.45) is 6.03. The molecule has 27 heavy (non-hydrogen) atoms. The molecule has 0 aliphatic carbocycles. The molecule has 0 unspecified atom stereocenters. The van der Waals surface area contributed by atoms with E-state index in [1.807, 2.05) is 29.2 Å². The maximum Gasteiger partial charge on any atom is 0.272 e. The van der Waals surface area contributed by atoms with Crippen LogP contribution in [0.3, 0.4) is 0 Å². The Bertz CT molecular complexity index is 877.